The average Bonchev–Trinajstić information content (AvgIpc) is 3.40. The van der Waals surface area contributed by atoms with Crippen LogP contribution in [0.4, 0.5) is 0 Å². The van der Waals surface area contributed by atoms with Crippen molar-refractivity contribution in [1.29, 1.82) is 0 Å². The lowest BCUT2D eigenvalue weighted by Gasteiger charge is -2.25. The molecule has 1 N–H and O–H groups in total. The van der Waals surface area contributed by atoms with Crippen molar-refractivity contribution >= 4 is 27.0 Å². The first-order valence-electron chi connectivity index (χ1n) is 10.3. The maximum absolute atomic E-state index is 12.8. The van der Waals surface area contributed by atoms with E-state index in [-0.39, 0.29) is 23.3 Å². The van der Waals surface area contributed by atoms with E-state index in [2.05, 4.69) is 15.6 Å². The highest BCUT2D eigenvalue weighted by Crippen LogP contribution is 2.23. The van der Waals surface area contributed by atoms with Crippen molar-refractivity contribution in [3.05, 3.63) is 18.2 Å². The second kappa shape index (κ2) is 8.76. The molecule has 2 aliphatic rings. The molecular weight excluding hydrogens is 394 g/mol. The number of nitrogens with zero attached hydrogens (tertiary/aromatic N) is 4. The van der Waals surface area contributed by atoms with Crippen molar-refractivity contribution in [1.82, 2.24) is 24.6 Å². The molecule has 3 heterocycles. The first-order chi connectivity index (χ1) is 14.0. The lowest BCUT2D eigenvalue weighted by atomic mass is 10.2. The number of hydrogen-bond donors (Lipinski definition) is 1. The summed E-state index contributed by atoms with van der Waals surface area (Å²) in [6, 6.07) is 4.89. The number of carbonyl (C=O) groups excluding carboxylic acids is 1. The summed E-state index contributed by atoms with van der Waals surface area (Å²) in [6.45, 7) is 2.81. The van der Waals surface area contributed by atoms with Crippen LogP contribution in [0.5, 0.6) is 0 Å². The summed E-state index contributed by atoms with van der Waals surface area (Å²) in [5.41, 5.74) is 1.23. The van der Waals surface area contributed by atoms with E-state index in [1.165, 1.54) is 0 Å². The van der Waals surface area contributed by atoms with Gasteiger partial charge < -0.3 is 10.1 Å². The average molecular weight is 422 g/mol. The molecule has 2 fully saturated rings. The number of ether oxygens (including phenoxy) is 1. The van der Waals surface area contributed by atoms with Crippen molar-refractivity contribution in [3.63, 3.8) is 0 Å². The number of nitrogens with one attached hydrogen (secondary N) is 1. The van der Waals surface area contributed by atoms with Crippen LogP contribution in [0, 0.1) is 0 Å². The fourth-order valence-corrected chi connectivity index (χ4v) is 5.40. The monoisotopic (exact) mass is 421 g/mol. The second-order valence-corrected chi connectivity index (χ2v) is 9.55. The third-order valence-corrected chi connectivity index (χ3v) is 7.43. The predicted octanol–water partition coefficient (Wildman–Crippen LogP) is 1.29. The molecule has 0 bridgehead atoms. The molecule has 0 radical (unpaired) electrons. The van der Waals surface area contributed by atoms with Crippen molar-refractivity contribution in [2.75, 3.05) is 26.2 Å². The number of piperidine rings is 1. The van der Waals surface area contributed by atoms with Gasteiger partial charge in [-0.3, -0.25) is 4.79 Å². The summed E-state index contributed by atoms with van der Waals surface area (Å²) >= 11 is 0. The summed E-state index contributed by atoms with van der Waals surface area (Å²) in [4.78, 5) is 12.3. The minimum atomic E-state index is -3.51. The van der Waals surface area contributed by atoms with Gasteiger partial charge in [0.25, 0.3) is 0 Å². The Morgan fingerprint density at radius 1 is 1.21 bits per heavy atom. The molecule has 158 valence electrons. The maximum atomic E-state index is 12.8. The number of fused-ring (bicyclic) bond motifs is 1. The predicted molar refractivity (Wildman–Crippen MR) is 107 cm³/mol. The molecule has 2 aliphatic heterocycles. The van der Waals surface area contributed by atoms with Gasteiger partial charge in [-0.2, -0.15) is 4.31 Å². The number of aryl methyl sites for hydroxylation is 1. The van der Waals surface area contributed by atoms with Gasteiger partial charge in [-0.1, -0.05) is 11.6 Å². The topological polar surface area (TPSA) is 106 Å². The normalized spacial score (nSPS) is 20.9. The van der Waals surface area contributed by atoms with Crippen LogP contribution in [0.1, 0.15) is 38.5 Å². The lowest BCUT2D eigenvalue weighted by molar-refractivity contribution is -0.121. The molecular formula is C19H27N5O4S. The zero-order chi connectivity index (χ0) is 20.3. The van der Waals surface area contributed by atoms with Gasteiger partial charge in [0, 0.05) is 32.7 Å². The highest BCUT2D eigenvalue weighted by molar-refractivity contribution is 7.89. The highest BCUT2D eigenvalue weighted by Gasteiger charge is 2.26. The Hall–Kier alpha value is -2.04. The van der Waals surface area contributed by atoms with E-state index in [1.54, 1.807) is 27.2 Å². The molecule has 0 aliphatic carbocycles. The Labute approximate surface area is 170 Å². The first-order valence-corrected chi connectivity index (χ1v) is 11.7. The number of hydrogen-bond acceptors (Lipinski definition) is 6. The van der Waals surface area contributed by atoms with Crippen molar-refractivity contribution in [2.45, 2.75) is 56.1 Å². The van der Waals surface area contributed by atoms with Crippen LogP contribution in [0.2, 0.25) is 0 Å². The van der Waals surface area contributed by atoms with Crippen LogP contribution >= 0.6 is 0 Å². The van der Waals surface area contributed by atoms with E-state index in [0.29, 0.717) is 31.7 Å². The Morgan fingerprint density at radius 3 is 2.79 bits per heavy atom. The number of sulfonamides is 1. The van der Waals surface area contributed by atoms with Gasteiger partial charge in [0.1, 0.15) is 5.52 Å². The van der Waals surface area contributed by atoms with Crippen LogP contribution < -0.4 is 5.32 Å². The number of carbonyl (C=O) groups is 1. The third kappa shape index (κ3) is 4.59. The quantitative estimate of drug-likeness (QED) is 0.722. The minimum absolute atomic E-state index is 0.0616. The molecule has 1 amide bonds. The summed E-state index contributed by atoms with van der Waals surface area (Å²) in [5.74, 6) is -0.0616. The summed E-state index contributed by atoms with van der Waals surface area (Å²) < 4.78 is 34.4. The zero-order valence-electron chi connectivity index (χ0n) is 16.4. The SMILES string of the molecule is O=C(CCn1nnc2cc(S(=O)(=O)N3CCCCC3)ccc21)NC[C@H]1CCCO1. The van der Waals surface area contributed by atoms with Gasteiger partial charge in [-0.25, -0.2) is 13.1 Å². The molecule has 4 rings (SSSR count). The van der Waals surface area contributed by atoms with Crippen molar-refractivity contribution < 1.29 is 17.9 Å². The second-order valence-electron chi connectivity index (χ2n) is 7.62. The van der Waals surface area contributed by atoms with Gasteiger partial charge in [0.2, 0.25) is 15.9 Å². The highest BCUT2D eigenvalue weighted by atomic mass is 32.2. The fourth-order valence-electron chi connectivity index (χ4n) is 3.86. The van der Waals surface area contributed by atoms with E-state index in [1.807, 2.05) is 0 Å². The molecule has 2 saturated heterocycles. The molecule has 10 heteroatoms. The molecule has 1 aromatic heterocycles. The van der Waals surface area contributed by atoms with Crippen LogP contribution in [0.3, 0.4) is 0 Å². The minimum Gasteiger partial charge on any atom is -0.376 e. The Bertz CT molecular complexity index is 962. The van der Waals surface area contributed by atoms with Gasteiger partial charge >= 0.3 is 0 Å². The van der Waals surface area contributed by atoms with E-state index in [4.69, 9.17) is 4.74 Å². The Kier molecular flexibility index (Phi) is 6.12. The van der Waals surface area contributed by atoms with Gasteiger partial charge in [-0.05, 0) is 43.9 Å². The van der Waals surface area contributed by atoms with Crippen LogP contribution in [0.15, 0.2) is 23.1 Å². The van der Waals surface area contributed by atoms with Crippen LogP contribution in [0.25, 0.3) is 11.0 Å². The van der Waals surface area contributed by atoms with E-state index in [0.717, 1.165) is 44.2 Å². The number of amides is 1. The van der Waals surface area contributed by atoms with Crippen LogP contribution in [-0.4, -0.2) is 66.0 Å². The van der Waals surface area contributed by atoms with Gasteiger partial charge in [-0.15, -0.1) is 5.10 Å². The molecule has 0 saturated carbocycles. The largest absolute Gasteiger partial charge is 0.376 e. The lowest BCUT2D eigenvalue weighted by Crippen LogP contribution is -2.35. The standard InChI is InChI=1S/C19H27N5O4S/c25-19(20-14-15-5-4-12-28-15)8-11-24-18-7-6-16(13-17(18)21-22-24)29(26,27)23-9-2-1-3-10-23/h6-7,13,15H,1-5,8-12,14H2,(H,20,25)/t15-/m1/s1. The molecule has 2 aromatic rings. The van der Waals surface area contributed by atoms with E-state index >= 15 is 0 Å². The summed E-state index contributed by atoms with van der Waals surface area (Å²) in [6.07, 6.45) is 5.28. The molecule has 9 nitrogen and oxygen atoms in total. The summed E-state index contributed by atoms with van der Waals surface area (Å²) in [7, 11) is -3.51. The fraction of sp³-hybridized carbons (Fsp3) is 0.632. The first kappa shape index (κ1) is 20.2. The number of aromatic nitrogens is 3. The zero-order valence-corrected chi connectivity index (χ0v) is 17.2. The molecule has 1 aromatic carbocycles. The molecule has 0 spiro atoms. The number of benzene rings is 1. The molecule has 1 atom stereocenters. The Balaban J connectivity index is 1.39. The Morgan fingerprint density at radius 2 is 2.03 bits per heavy atom. The maximum Gasteiger partial charge on any atom is 0.243 e. The molecule has 0 unspecified atom stereocenters. The van der Waals surface area contributed by atoms with E-state index < -0.39 is 10.0 Å². The smallest absolute Gasteiger partial charge is 0.243 e. The summed E-state index contributed by atoms with van der Waals surface area (Å²) in [5, 5.41) is 11.1. The molecule has 29 heavy (non-hydrogen) atoms. The van der Waals surface area contributed by atoms with E-state index in [9.17, 15) is 13.2 Å². The van der Waals surface area contributed by atoms with Crippen molar-refractivity contribution in [2.24, 2.45) is 0 Å². The van der Waals surface area contributed by atoms with Gasteiger partial charge in [0.05, 0.1) is 23.1 Å². The number of rotatable bonds is 7. The van der Waals surface area contributed by atoms with Gasteiger partial charge in [0.15, 0.2) is 0 Å². The third-order valence-electron chi connectivity index (χ3n) is 5.54. The van der Waals surface area contributed by atoms with Crippen LogP contribution in [-0.2, 0) is 26.1 Å². The van der Waals surface area contributed by atoms with Crippen molar-refractivity contribution in [3.8, 4) is 0 Å².